The number of hydrogen-bond donors (Lipinski definition) is 2. The third-order valence-corrected chi connectivity index (χ3v) is 7.18. The molecule has 4 aliphatic rings. The number of fused-ring (bicyclic) bond motifs is 1. The minimum atomic E-state index is -0.312. The molecule has 1 aliphatic carbocycles. The van der Waals surface area contributed by atoms with E-state index in [2.05, 4.69) is 35.3 Å². The SMILES string of the molecule is COC(=O)C1=C2Nc3ccccc3[C@@]23CCN2C[C@H](C)[C@@H](O)C[C@@H](C1)[C@H]23. The number of anilines is 1. The van der Waals surface area contributed by atoms with Crippen molar-refractivity contribution in [1.29, 1.82) is 0 Å². The second kappa shape index (κ2) is 5.57. The summed E-state index contributed by atoms with van der Waals surface area (Å²) in [5, 5.41) is 14.3. The van der Waals surface area contributed by atoms with E-state index in [0.29, 0.717) is 12.5 Å². The Bertz CT molecular complexity index is 804. The van der Waals surface area contributed by atoms with Gasteiger partial charge in [-0.15, -0.1) is 0 Å². The molecular weight excluding hydrogens is 328 g/mol. The molecule has 0 saturated carbocycles. The Hall–Kier alpha value is -1.85. The molecule has 0 bridgehead atoms. The molecule has 3 aliphatic heterocycles. The number of para-hydroxylation sites is 1. The second-order valence-corrected chi connectivity index (χ2v) is 8.42. The molecule has 1 aromatic rings. The topological polar surface area (TPSA) is 61.8 Å². The first-order valence-electron chi connectivity index (χ1n) is 9.67. The van der Waals surface area contributed by atoms with Gasteiger partial charge in [0.15, 0.2) is 0 Å². The second-order valence-electron chi connectivity index (χ2n) is 8.42. The number of nitrogens with one attached hydrogen (secondary N) is 1. The van der Waals surface area contributed by atoms with Crippen molar-refractivity contribution < 1.29 is 14.6 Å². The van der Waals surface area contributed by atoms with E-state index >= 15 is 0 Å². The fraction of sp³-hybridized carbons (Fsp3) is 0.571. The zero-order valence-corrected chi connectivity index (χ0v) is 15.4. The number of carbonyl (C=O) groups is 1. The van der Waals surface area contributed by atoms with Crippen molar-refractivity contribution in [1.82, 2.24) is 4.90 Å². The average molecular weight is 354 g/mol. The summed E-state index contributed by atoms with van der Waals surface area (Å²) in [7, 11) is 1.46. The van der Waals surface area contributed by atoms with E-state index in [-0.39, 0.29) is 29.3 Å². The van der Waals surface area contributed by atoms with Crippen LogP contribution in [0.25, 0.3) is 0 Å². The normalized spacial score (nSPS) is 38.1. The van der Waals surface area contributed by atoms with Crippen LogP contribution in [0.1, 0.15) is 31.7 Å². The predicted octanol–water partition coefficient (Wildman–Crippen LogP) is 2.27. The highest BCUT2D eigenvalue weighted by Crippen LogP contribution is 2.60. The summed E-state index contributed by atoms with van der Waals surface area (Å²) >= 11 is 0. The number of aliphatic hydroxyl groups is 1. The lowest BCUT2D eigenvalue weighted by Crippen LogP contribution is -2.51. The molecule has 0 aromatic heterocycles. The molecule has 2 saturated heterocycles. The fourth-order valence-electron chi connectivity index (χ4n) is 6.13. The molecule has 5 nitrogen and oxygen atoms in total. The molecule has 0 radical (unpaired) electrons. The van der Waals surface area contributed by atoms with Crippen molar-refractivity contribution >= 4 is 11.7 Å². The van der Waals surface area contributed by atoms with Crippen LogP contribution in [-0.2, 0) is 14.9 Å². The lowest BCUT2D eigenvalue weighted by atomic mass is 9.62. The van der Waals surface area contributed by atoms with E-state index in [1.54, 1.807) is 0 Å². The Kier molecular flexibility index (Phi) is 3.50. The number of benzene rings is 1. The number of hydrogen-bond acceptors (Lipinski definition) is 5. The van der Waals surface area contributed by atoms with Crippen molar-refractivity contribution in [2.75, 3.05) is 25.5 Å². The van der Waals surface area contributed by atoms with Crippen LogP contribution in [-0.4, -0.2) is 48.3 Å². The first-order valence-corrected chi connectivity index (χ1v) is 9.67. The van der Waals surface area contributed by atoms with Crippen molar-refractivity contribution in [3.05, 3.63) is 41.1 Å². The van der Waals surface area contributed by atoms with Gasteiger partial charge in [0.1, 0.15) is 0 Å². The maximum Gasteiger partial charge on any atom is 0.335 e. The molecule has 1 aromatic carbocycles. The van der Waals surface area contributed by atoms with Crippen LogP contribution >= 0.6 is 0 Å². The Morgan fingerprint density at radius 3 is 3.00 bits per heavy atom. The first-order chi connectivity index (χ1) is 12.6. The summed E-state index contributed by atoms with van der Waals surface area (Å²) < 4.78 is 5.15. The molecule has 2 fully saturated rings. The van der Waals surface area contributed by atoms with E-state index in [1.807, 2.05) is 6.07 Å². The number of esters is 1. The number of nitrogens with zero attached hydrogens (tertiary/aromatic N) is 1. The van der Waals surface area contributed by atoms with Crippen molar-refractivity contribution in [3.63, 3.8) is 0 Å². The van der Waals surface area contributed by atoms with Crippen LogP contribution in [0, 0.1) is 11.8 Å². The lowest BCUT2D eigenvalue weighted by molar-refractivity contribution is -0.136. The third kappa shape index (κ3) is 1.96. The van der Waals surface area contributed by atoms with Gasteiger partial charge in [-0.05, 0) is 49.3 Å². The quantitative estimate of drug-likeness (QED) is 0.758. The molecule has 138 valence electrons. The van der Waals surface area contributed by atoms with Gasteiger partial charge in [-0.1, -0.05) is 25.1 Å². The highest BCUT2D eigenvalue weighted by Gasteiger charge is 2.61. The third-order valence-electron chi connectivity index (χ3n) is 7.18. The zero-order valence-electron chi connectivity index (χ0n) is 15.4. The Morgan fingerprint density at radius 1 is 1.38 bits per heavy atom. The van der Waals surface area contributed by atoms with E-state index in [9.17, 15) is 9.90 Å². The largest absolute Gasteiger partial charge is 0.466 e. The maximum atomic E-state index is 12.6. The summed E-state index contributed by atoms with van der Waals surface area (Å²) in [5.74, 6) is 0.289. The minimum Gasteiger partial charge on any atom is -0.466 e. The molecule has 5 atom stereocenters. The van der Waals surface area contributed by atoms with Crippen LogP contribution in [0.2, 0.25) is 0 Å². The Morgan fingerprint density at radius 2 is 2.19 bits per heavy atom. The van der Waals surface area contributed by atoms with Gasteiger partial charge in [-0.25, -0.2) is 4.79 Å². The smallest absolute Gasteiger partial charge is 0.335 e. The van der Waals surface area contributed by atoms with Crippen LogP contribution in [0.3, 0.4) is 0 Å². The number of ether oxygens (including phenoxy) is 1. The van der Waals surface area contributed by atoms with Gasteiger partial charge in [0.05, 0.1) is 24.2 Å². The van der Waals surface area contributed by atoms with Crippen molar-refractivity contribution in [2.24, 2.45) is 11.8 Å². The standard InChI is InChI=1S/C21H26N2O3/c1-12-11-23-8-7-21-15-5-3-4-6-16(15)22-18(21)14(20(25)26-2)9-13(19(21)23)10-17(12)24/h3-6,12-13,17,19,22,24H,7-11H2,1-2H3/t12-,13+,17-,19-,21-/m0/s1. The van der Waals surface area contributed by atoms with Crippen molar-refractivity contribution in [3.8, 4) is 0 Å². The summed E-state index contributed by atoms with van der Waals surface area (Å²) in [6.07, 6.45) is 2.12. The highest BCUT2D eigenvalue weighted by molar-refractivity contribution is 5.93. The van der Waals surface area contributed by atoms with E-state index in [4.69, 9.17) is 4.74 Å². The summed E-state index contributed by atoms with van der Waals surface area (Å²) in [5.41, 5.74) is 4.07. The molecule has 1 spiro atoms. The van der Waals surface area contributed by atoms with Gasteiger partial charge >= 0.3 is 5.97 Å². The average Bonchev–Trinajstić information content (AvgIpc) is 3.15. The molecule has 3 heterocycles. The molecular formula is C21H26N2O3. The van der Waals surface area contributed by atoms with Gasteiger partial charge in [-0.2, -0.15) is 0 Å². The van der Waals surface area contributed by atoms with Gasteiger partial charge in [0, 0.05) is 24.0 Å². The minimum absolute atomic E-state index is 0.174. The molecule has 26 heavy (non-hydrogen) atoms. The van der Waals surface area contributed by atoms with Crippen LogP contribution in [0.5, 0.6) is 0 Å². The van der Waals surface area contributed by atoms with E-state index in [0.717, 1.165) is 42.9 Å². The Balaban J connectivity index is 1.74. The number of rotatable bonds is 1. The van der Waals surface area contributed by atoms with Gasteiger partial charge < -0.3 is 15.2 Å². The molecule has 2 N–H and O–H groups in total. The van der Waals surface area contributed by atoms with Crippen LogP contribution in [0.4, 0.5) is 5.69 Å². The zero-order chi connectivity index (χ0) is 18.1. The van der Waals surface area contributed by atoms with E-state index in [1.165, 1.54) is 12.7 Å². The first kappa shape index (κ1) is 16.3. The molecule has 0 amide bonds. The summed E-state index contributed by atoms with van der Waals surface area (Å²) in [6, 6.07) is 8.79. The molecule has 0 unspecified atom stereocenters. The summed E-state index contributed by atoms with van der Waals surface area (Å²) in [6.45, 7) is 4.07. The van der Waals surface area contributed by atoms with E-state index < -0.39 is 0 Å². The summed E-state index contributed by atoms with van der Waals surface area (Å²) in [4.78, 5) is 15.2. The number of methoxy groups -OCH3 is 1. The predicted molar refractivity (Wildman–Crippen MR) is 98.7 cm³/mol. The Labute approximate surface area is 154 Å². The van der Waals surface area contributed by atoms with Crippen LogP contribution < -0.4 is 5.32 Å². The molecule has 5 heteroatoms. The molecule has 5 rings (SSSR count). The maximum absolute atomic E-state index is 12.6. The number of carbonyl (C=O) groups excluding carboxylic acids is 1. The highest BCUT2D eigenvalue weighted by atomic mass is 16.5. The lowest BCUT2D eigenvalue weighted by Gasteiger charge is -2.45. The monoisotopic (exact) mass is 354 g/mol. The van der Waals surface area contributed by atoms with Crippen molar-refractivity contribution in [2.45, 2.75) is 43.7 Å². The number of aliphatic hydroxyl groups excluding tert-OH is 1. The fourth-order valence-corrected chi connectivity index (χ4v) is 6.13. The van der Waals surface area contributed by atoms with Crippen LogP contribution in [0.15, 0.2) is 35.5 Å². The van der Waals surface area contributed by atoms with Gasteiger partial charge in [0.2, 0.25) is 0 Å². The van der Waals surface area contributed by atoms with Gasteiger partial charge in [-0.3, -0.25) is 4.90 Å². The van der Waals surface area contributed by atoms with Gasteiger partial charge in [0.25, 0.3) is 0 Å².